The highest BCUT2D eigenvalue weighted by atomic mass is 35.5. The van der Waals surface area contributed by atoms with Crippen molar-refractivity contribution >= 4 is 11.6 Å². The van der Waals surface area contributed by atoms with Crippen molar-refractivity contribution in [2.24, 2.45) is 0 Å². The monoisotopic (exact) mass is 376 g/mol. The van der Waals surface area contributed by atoms with Gasteiger partial charge >= 0.3 is 0 Å². The van der Waals surface area contributed by atoms with Crippen LogP contribution in [0.2, 0.25) is 5.02 Å². The van der Waals surface area contributed by atoms with Gasteiger partial charge in [0.05, 0.1) is 18.6 Å². The molecule has 0 aromatic heterocycles. The van der Waals surface area contributed by atoms with Crippen LogP contribution >= 0.6 is 11.6 Å². The third-order valence-electron chi connectivity index (χ3n) is 6.29. The van der Waals surface area contributed by atoms with Gasteiger partial charge in [0.15, 0.2) is 0 Å². The molecule has 2 aliphatic rings. The van der Waals surface area contributed by atoms with Gasteiger partial charge in [0.2, 0.25) is 0 Å². The van der Waals surface area contributed by atoms with Crippen LogP contribution in [0.4, 0.5) is 0 Å². The second-order valence-corrected chi connectivity index (χ2v) is 7.93. The first-order valence-corrected chi connectivity index (χ1v) is 8.87. The Labute approximate surface area is 156 Å². The Balaban J connectivity index is 1.79. The molecule has 138 valence electrons. The zero-order valence-corrected chi connectivity index (χ0v) is 14.9. The Kier molecular flexibility index (Phi) is 3.80. The average molecular weight is 377 g/mol. The molecule has 0 amide bonds. The van der Waals surface area contributed by atoms with Crippen molar-refractivity contribution in [3.8, 4) is 0 Å². The lowest BCUT2D eigenvalue weighted by Crippen LogP contribution is -2.98. The molecule has 0 heterocycles. The molecule has 0 aliphatic heterocycles. The van der Waals surface area contributed by atoms with E-state index in [1.807, 2.05) is 19.1 Å². The van der Waals surface area contributed by atoms with E-state index < -0.39 is 41.3 Å². The molecule has 3 unspecified atom stereocenters. The Morgan fingerprint density at radius 2 is 1.46 bits per heavy atom. The summed E-state index contributed by atoms with van der Waals surface area (Å²) in [6, 6.07) is 13.6. The Morgan fingerprint density at radius 3 is 2.00 bits per heavy atom. The van der Waals surface area contributed by atoms with Gasteiger partial charge in [-0.25, -0.2) is 0 Å². The van der Waals surface area contributed by atoms with Gasteiger partial charge in [0.25, 0.3) is 0 Å². The highest BCUT2D eigenvalue weighted by molar-refractivity contribution is 6.30. The van der Waals surface area contributed by atoms with Gasteiger partial charge in [-0.1, -0.05) is 53.6 Å². The van der Waals surface area contributed by atoms with Crippen LogP contribution in [-0.4, -0.2) is 55.0 Å². The highest BCUT2D eigenvalue weighted by Gasteiger charge is 2.92. The van der Waals surface area contributed by atoms with Crippen LogP contribution in [0.3, 0.4) is 0 Å². The molecule has 2 aromatic rings. The van der Waals surface area contributed by atoms with Crippen LogP contribution in [0.1, 0.15) is 28.5 Å². The van der Waals surface area contributed by atoms with Crippen LogP contribution in [-0.2, 0) is 0 Å². The van der Waals surface area contributed by atoms with E-state index in [1.165, 1.54) is 0 Å². The van der Waals surface area contributed by atoms with E-state index in [4.69, 9.17) is 11.6 Å². The number of hydrogen-bond donors (Lipinski definition) is 5. The number of hydrogen-bond acceptors (Lipinski definition) is 5. The summed E-state index contributed by atoms with van der Waals surface area (Å²) in [6.45, 7) is 1.16. The molecule has 0 spiro atoms. The summed E-state index contributed by atoms with van der Waals surface area (Å²) in [5, 5.41) is 54.6. The molecule has 26 heavy (non-hydrogen) atoms. The van der Waals surface area contributed by atoms with E-state index in [1.54, 1.807) is 36.4 Å². The quantitative estimate of drug-likeness (QED) is 0.552. The lowest BCUT2D eigenvalue weighted by Gasteiger charge is -2.79. The van der Waals surface area contributed by atoms with Gasteiger partial charge in [-0.15, -0.1) is 0 Å². The number of aliphatic hydroxyl groups is 5. The molecule has 2 aliphatic carbocycles. The smallest absolute Gasteiger partial charge is 0.137 e. The molecule has 5 N–H and O–H groups in total. The summed E-state index contributed by atoms with van der Waals surface area (Å²) in [4.78, 5) is 0. The molecule has 5 nitrogen and oxygen atoms in total. The first kappa shape index (κ1) is 17.9. The fourth-order valence-corrected chi connectivity index (χ4v) is 5.09. The van der Waals surface area contributed by atoms with E-state index >= 15 is 0 Å². The summed E-state index contributed by atoms with van der Waals surface area (Å²) in [6.07, 6.45) is -1.29. The fourth-order valence-electron chi connectivity index (χ4n) is 4.97. The van der Waals surface area contributed by atoms with Gasteiger partial charge in [-0.2, -0.15) is 0 Å². The summed E-state index contributed by atoms with van der Waals surface area (Å²) in [7, 11) is 0. The van der Waals surface area contributed by atoms with Gasteiger partial charge in [-0.3, -0.25) is 0 Å². The molecule has 2 aromatic carbocycles. The van der Waals surface area contributed by atoms with Gasteiger partial charge in [0.1, 0.15) is 16.8 Å². The highest BCUT2D eigenvalue weighted by Crippen LogP contribution is 2.74. The molecular formula is C20H21ClO5. The van der Waals surface area contributed by atoms with Crippen molar-refractivity contribution in [1.82, 2.24) is 0 Å². The molecule has 6 heteroatoms. The number of benzene rings is 2. The molecule has 0 bridgehead atoms. The van der Waals surface area contributed by atoms with Crippen molar-refractivity contribution in [3.05, 3.63) is 70.2 Å². The zero-order valence-electron chi connectivity index (χ0n) is 14.2. The summed E-state index contributed by atoms with van der Waals surface area (Å²) in [5.41, 5.74) is -3.93. The molecule has 6 atom stereocenters. The topological polar surface area (TPSA) is 101 Å². The molecule has 2 fully saturated rings. The minimum absolute atomic E-state index is 0.481. The second-order valence-electron chi connectivity index (χ2n) is 7.49. The Hall–Kier alpha value is -1.47. The lowest BCUT2D eigenvalue weighted by molar-refractivity contribution is -0.448. The minimum Gasteiger partial charge on any atom is -0.393 e. The van der Waals surface area contributed by atoms with Crippen LogP contribution < -0.4 is 0 Å². The third-order valence-corrected chi connectivity index (χ3v) is 6.54. The number of halogens is 1. The number of aryl methyl sites for hydroxylation is 1. The van der Waals surface area contributed by atoms with E-state index in [0.717, 1.165) is 5.56 Å². The first-order chi connectivity index (χ1) is 12.2. The van der Waals surface area contributed by atoms with Gasteiger partial charge in [-0.05, 0) is 30.2 Å². The minimum atomic E-state index is -2.06. The largest absolute Gasteiger partial charge is 0.393 e. The summed E-state index contributed by atoms with van der Waals surface area (Å²) < 4.78 is 0. The molecule has 2 saturated carbocycles. The van der Waals surface area contributed by atoms with Crippen molar-refractivity contribution < 1.29 is 25.5 Å². The van der Waals surface area contributed by atoms with Gasteiger partial charge < -0.3 is 25.5 Å². The predicted molar refractivity (Wildman–Crippen MR) is 96.1 cm³/mol. The van der Waals surface area contributed by atoms with Crippen LogP contribution in [0, 0.1) is 6.92 Å². The van der Waals surface area contributed by atoms with E-state index in [2.05, 4.69) is 0 Å². The van der Waals surface area contributed by atoms with Crippen molar-refractivity contribution in [3.63, 3.8) is 0 Å². The summed E-state index contributed by atoms with van der Waals surface area (Å²) >= 11 is 5.90. The van der Waals surface area contributed by atoms with Crippen LogP contribution in [0.25, 0.3) is 0 Å². The lowest BCUT2D eigenvalue weighted by atomic mass is 9.31. The van der Waals surface area contributed by atoms with Crippen LogP contribution in [0.5, 0.6) is 0 Å². The van der Waals surface area contributed by atoms with E-state index in [0.29, 0.717) is 16.1 Å². The number of fused-ring (bicyclic) bond motifs is 1. The zero-order chi connectivity index (χ0) is 18.9. The number of aliphatic hydroxyl groups excluding tert-OH is 2. The molecule has 0 saturated heterocycles. The first-order valence-electron chi connectivity index (χ1n) is 8.50. The van der Waals surface area contributed by atoms with E-state index in [9.17, 15) is 25.5 Å². The average Bonchev–Trinajstić information content (AvgIpc) is 2.64. The maximum atomic E-state index is 11.2. The van der Waals surface area contributed by atoms with Gasteiger partial charge in [0, 0.05) is 10.9 Å². The van der Waals surface area contributed by atoms with Crippen molar-refractivity contribution in [2.75, 3.05) is 6.61 Å². The predicted octanol–water partition coefficient (Wildman–Crippen LogP) is 1.09. The van der Waals surface area contributed by atoms with Crippen LogP contribution in [0.15, 0.2) is 48.5 Å². The second kappa shape index (κ2) is 5.52. The third kappa shape index (κ3) is 1.83. The van der Waals surface area contributed by atoms with E-state index in [-0.39, 0.29) is 0 Å². The standard InChI is InChI=1S/C20H21ClO5/c1-11-2-4-12(5-3-11)15-17(23)19(25)16(13-6-8-14(21)9-7-13)18(24,10-22)20(15,19)26/h2-9,15-17,22-26H,10H2,1H3/t15?,16?,17?,18-,19-,20-/m0/s1. The van der Waals surface area contributed by atoms with Crippen molar-refractivity contribution in [1.29, 1.82) is 0 Å². The maximum Gasteiger partial charge on any atom is 0.137 e. The Bertz CT molecular complexity index is 826. The fraction of sp³-hybridized carbons (Fsp3) is 0.400. The molecule has 4 rings (SSSR count). The Morgan fingerprint density at radius 1 is 0.923 bits per heavy atom. The number of rotatable bonds is 3. The van der Waals surface area contributed by atoms with Crippen molar-refractivity contribution in [2.45, 2.75) is 41.7 Å². The molecule has 0 radical (unpaired) electrons. The normalized spacial score (nSPS) is 41.1. The SMILES string of the molecule is Cc1ccc(C2C(O)[C@@]3(O)C(c4ccc(Cl)cc4)[C@@](O)(CO)[C@@]23O)cc1. The maximum absolute atomic E-state index is 11.2. The molecular weight excluding hydrogens is 356 g/mol. The summed E-state index contributed by atoms with van der Waals surface area (Å²) in [5.74, 6) is -1.95.